The smallest absolute Gasteiger partial charge is 0.254 e. The number of carbonyl (C=O) groups excluding carboxylic acids is 1. The second kappa shape index (κ2) is 9.08. The lowest BCUT2D eigenvalue weighted by molar-refractivity contribution is -0.965. The van der Waals surface area contributed by atoms with Gasteiger partial charge in [-0.15, -0.1) is 0 Å². The molecule has 0 aliphatic carbocycles. The molecule has 0 unspecified atom stereocenters. The number of carbonyl (C=O) groups is 1. The molecule has 0 bridgehead atoms. The molecule has 2 saturated heterocycles. The number of nitrogens with one attached hydrogen (secondary N) is 2. The lowest BCUT2D eigenvalue weighted by Gasteiger charge is -2.39. The summed E-state index contributed by atoms with van der Waals surface area (Å²) in [6.07, 6.45) is 2.58. The van der Waals surface area contributed by atoms with Gasteiger partial charge in [0, 0.05) is 29.0 Å². The molecule has 4 rings (SSSR count). The average Bonchev–Trinajstić information content (AvgIpc) is 2.75. The predicted octanol–water partition coefficient (Wildman–Crippen LogP) is 0.928. The maximum atomic E-state index is 12.7. The van der Waals surface area contributed by atoms with Gasteiger partial charge >= 0.3 is 0 Å². The second-order valence-electron chi connectivity index (χ2n) is 8.15. The number of rotatable bonds is 4. The molecule has 1 amide bonds. The van der Waals surface area contributed by atoms with Crippen molar-refractivity contribution in [2.24, 2.45) is 0 Å². The first-order valence-electron chi connectivity index (χ1n) is 10.5. The van der Waals surface area contributed by atoms with E-state index in [0.717, 1.165) is 38.8 Å². The van der Waals surface area contributed by atoms with Crippen molar-refractivity contribution in [3.63, 3.8) is 0 Å². The van der Waals surface area contributed by atoms with E-state index in [0.29, 0.717) is 10.6 Å². The Morgan fingerprint density at radius 2 is 1.68 bits per heavy atom. The van der Waals surface area contributed by atoms with E-state index in [4.69, 9.17) is 11.6 Å². The highest BCUT2D eigenvalue weighted by Gasteiger charge is 2.33. The van der Waals surface area contributed by atoms with Crippen molar-refractivity contribution in [3.8, 4) is 0 Å². The third kappa shape index (κ3) is 4.75. The Hall–Kier alpha value is -1.88. The molecule has 2 aromatic rings. The maximum absolute atomic E-state index is 12.7. The number of likely N-dealkylation sites (tertiary alicyclic amines) is 1. The second-order valence-corrected chi connectivity index (χ2v) is 8.58. The molecule has 0 atom stereocenters. The molecular formula is C23H30ClN3O+2. The summed E-state index contributed by atoms with van der Waals surface area (Å²) in [5, 5.41) is 0.625. The lowest BCUT2D eigenvalue weighted by atomic mass is 10.0. The Morgan fingerprint density at radius 3 is 2.36 bits per heavy atom. The van der Waals surface area contributed by atoms with Crippen molar-refractivity contribution in [2.45, 2.75) is 25.4 Å². The van der Waals surface area contributed by atoms with Crippen molar-refractivity contribution in [1.29, 1.82) is 0 Å². The molecule has 5 heteroatoms. The van der Waals surface area contributed by atoms with Crippen LogP contribution in [-0.2, 0) is 6.54 Å². The van der Waals surface area contributed by atoms with Crippen molar-refractivity contribution in [2.75, 3.05) is 39.3 Å². The first kappa shape index (κ1) is 19.4. The quantitative estimate of drug-likeness (QED) is 0.786. The molecule has 4 nitrogen and oxygen atoms in total. The standard InChI is InChI=1S/C23H28ClN3O/c24-21-8-4-7-20(17-21)23(28)27-15-13-26(14-16-27)22-9-11-25(12-10-22)18-19-5-2-1-3-6-19/h1-8,17,22H,9-16,18H2/p+2. The first-order valence-corrected chi connectivity index (χ1v) is 10.8. The fraction of sp³-hybridized carbons (Fsp3) is 0.435. The van der Waals surface area contributed by atoms with Crippen molar-refractivity contribution < 1.29 is 14.6 Å². The fourth-order valence-electron chi connectivity index (χ4n) is 4.70. The van der Waals surface area contributed by atoms with Crippen molar-refractivity contribution >= 4 is 17.5 Å². The molecule has 2 aromatic carbocycles. The van der Waals surface area contributed by atoms with Gasteiger partial charge in [0.05, 0.1) is 45.3 Å². The van der Waals surface area contributed by atoms with Crippen LogP contribution in [0.3, 0.4) is 0 Å². The zero-order valence-corrected chi connectivity index (χ0v) is 17.1. The number of hydrogen-bond acceptors (Lipinski definition) is 1. The Labute approximate surface area is 172 Å². The third-order valence-electron chi connectivity index (χ3n) is 6.33. The molecule has 0 spiro atoms. The molecule has 0 aromatic heterocycles. The van der Waals surface area contributed by atoms with Crippen LogP contribution in [0.5, 0.6) is 0 Å². The Bertz CT molecular complexity index is 781. The Morgan fingerprint density at radius 1 is 0.964 bits per heavy atom. The molecule has 0 saturated carbocycles. The summed E-state index contributed by atoms with van der Waals surface area (Å²) in [5.74, 6) is 0.115. The highest BCUT2D eigenvalue weighted by atomic mass is 35.5. The molecule has 2 aliphatic heterocycles. The van der Waals surface area contributed by atoms with Crippen LogP contribution >= 0.6 is 11.6 Å². The van der Waals surface area contributed by atoms with Crippen LogP contribution in [0, 0.1) is 0 Å². The summed E-state index contributed by atoms with van der Waals surface area (Å²) in [6.45, 7) is 7.47. The van der Waals surface area contributed by atoms with E-state index in [2.05, 4.69) is 30.3 Å². The SMILES string of the molecule is O=C(c1cccc(Cl)c1)N1CC[NH+](C2CC[NH+](Cc3ccccc3)CC2)CC1. The first-order chi connectivity index (χ1) is 13.7. The van der Waals surface area contributed by atoms with E-state index in [1.807, 2.05) is 23.1 Å². The summed E-state index contributed by atoms with van der Waals surface area (Å²) in [5.41, 5.74) is 2.14. The van der Waals surface area contributed by atoms with Crippen LogP contribution < -0.4 is 9.80 Å². The van der Waals surface area contributed by atoms with Crippen LogP contribution in [0.1, 0.15) is 28.8 Å². The van der Waals surface area contributed by atoms with E-state index in [9.17, 15) is 4.79 Å². The lowest BCUT2D eigenvalue weighted by Crippen LogP contribution is -3.21. The topological polar surface area (TPSA) is 29.2 Å². The number of nitrogens with zero attached hydrogens (tertiary/aromatic N) is 1. The molecule has 2 fully saturated rings. The number of amides is 1. The van der Waals surface area contributed by atoms with Gasteiger partial charge in [0.15, 0.2) is 0 Å². The molecular weight excluding hydrogens is 370 g/mol. The fourth-order valence-corrected chi connectivity index (χ4v) is 4.90. The third-order valence-corrected chi connectivity index (χ3v) is 6.57. The van der Waals surface area contributed by atoms with Crippen LogP contribution in [0.25, 0.3) is 0 Å². The predicted molar refractivity (Wildman–Crippen MR) is 112 cm³/mol. The number of piperidine rings is 1. The van der Waals surface area contributed by atoms with Crippen molar-refractivity contribution in [3.05, 3.63) is 70.7 Å². The highest BCUT2D eigenvalue weighted by Crippen LogP contribution is 2.13. The number of benzene rings is 2. The normalized spacial score (nSPS) is 23.5. The van der Waals surface area contributed by atoms with Gasteiger partial charge in [-0.05, 0) is 18.2 Å². The van der Waals surface area contributed by atoms with Gasteiger partial charge in [0.25, 0.3) is 5.91 Å². The minimum Gasteiger partial charge on any atom is -0.331 e. The molecule has 0 radical (unpaired) electrons. The van der Waals surface area contributed by atoms with E-state index in [1.54, 1.807) is 15.9 Å². The average molecular weight is 400 g/mol. The summed E-state index contributed by atoms with van der Waals surface area (Å²) in [7, 11) is 0. The largest absolute Gasteiger partial charge is 0.331 e. The zero-order valence-electron chi connectivity index (χ0n) is 16.4. The van der Waals surface area contributed by atoms with Gasteiger partial charge in [-0.2, -0.15) is 0 Å². The summed E-state index contributed by atoms with van der Waals surface area (Å²) >= 11 is 6.04. The van der Waals surface area contributed by atoms with E-state index in [1.165, 1.54) is 31.5 Å². The zero-order chi connectivity index (χ0) is 19.3. The van der Waals surface area contributed by atoms with E-state index >= 15 is 0 Å². The summed E-state index contributed by atoms with van der Waals surface area (Å²) in [4.78, 5) is 18.1. The van der Waals surface area contributed by atoms with Gasteiger partial charge in [-0.25, -0.2) is 0 Å². The minimum atomic E-state index is 0.115. The number of hydrogen-bond donors (Lipinski definition) is 2. The van der Waals surface area contributed by atoms with Gasteiger partial charge in [-0.1, -0.05) is 48.0 Å². The van der Waals surface area contributed by atoms with E-state index < -0.39 is 0 Å². The summed E-state index contributed by atoms with van der Waals surface area (Å²) < 4.78 is 0. The molecule has 28 heavy (non-hydrogen) atoms. The van der Waals surface area contributed by atoms with Gasteiger partial charge in [0.2, 0.25) is 0 Å². The number of quaternary nitrogens is 2. The van der Waals surface area contributed by atoms with Crippen LogP contribution in [0.4, 0.5) is 0 Å². The van der Waals surface area contributed by atoms with Gasteiger partial charge in [-0.3, -0.25) is 4.79 Å². The van der Waals surface area contributed by atoms with Crippen LogP contribution in [-0.4, -0.2) is 56.1 Å². The van der Waals surface area contributed by atoms with Crippen LogP contribution in [0.2, 0.25) is 5.02 Å². The summed E-state index contributed by atoms with van der Waals surface area (Å²) in [6, 6.07) is 18.9. The van der Waals surface area contributed by atoms with Crippen molar-refractivity contribution in [1.82, 2.24) is 4.90 Å². The van der Waals surface area contributed by atoms with Gasteiger partial charge < -0.3 is 14.7 Å². The maximum Gasteiger partial charge on any atom is 0.254 e. The molecule has 2 aliphatic rings. The Balaban J connectivity index is 1.24. The Kier molecular flexibility index (Phi) is 6.30. The number of piperazine rings is 1. The highest BCUT2D eigenvalue weighted by molar-refractivity contribution is 6.30. The monoisotopic (exact) mass is 399 g/mol. The van der Waals surface area contributed by atoms with E-state index in [-0.39, 0.29) is 5.91 Å². The molecule has 2 N–H and O–H groups in total. The van der Waals surface area contributed by atoms with Gasteiger partial charge in [0.1, 0.15) is 6.54 Å². The number of halogens is 1. The minimum absolute atomic E-state index is 0.115. The molecule has 2 heterocycles. The van der Waals surface area contributed by atoms with Crippen LogP contribution in [0.15, 0.2) is 54.6 Å². The molecule has 148 valence electrons.